The number of hydrogen-bond acceptors (Lipinski definition) is 3. The van der Waals surface area contributed by atoms with Gasteiger partial charge in [-0.15, -0.1) is 0 Å². The lowest BCUT2D eigenvalue weighted by Crippen LogP contribution is -2.18. The third kappa shape index (κ3) is 2.20. The van der Waals surface area contributed by atoms with E-state index in [4.69, 9.17) is 10.8 Å². The summed E-state index contributed by atoms with van der Waals surface area (Å²) in [5.41, 5.74) is 4.50. The normalized spacial score (nSPS) is 14.5. The molecule has 2 nitrogen and oxygen atoms in total. The Balaban J connectivity index is 3.03. The van der Waals surface area contributed by atoms with Crippen LogP contribution in [-0.2, 0) is 6.18 Å². The topological polar surface area (TPSA) is 46.2 Å². The molecule has 6 heteroatoms. The first-order valence-corrected chi connectivity index (χ1v) is 4.40. The molecule has 0 amide bonds. The lowest BCUT2D eigenvalue weighted by Gasteiger charge is -2.11. The monoisotopic (exact) mass is 211 g/mol. The second-order valence-electron chi connectivity index (χ2n) is 2.53. The average Bonchev–Trinajstić information content (AvgIpc) is 2.49. The SMILES string of the molecule is N[C@H](CO)c1cscc1C(F)(F)F. The fourth-order valence-electron chi connectivity index (χ4n) is 0.923. The molecule has 0 saturated heterocycles. The van der Waals surface area contributed by atoms with Gasteiger partial charge in [0, 0.05) is 5.38 Å². The maximum Gasteiger partial charge on any atom is 0.417 e. The van der Waals surface area contributed by atoms with E-state index in [2.05, 4.69) is 0 Å². The average molecular weight is 211 g/mol. The van der Waals surface area contributed by atoms with Gasteiger partial charge >= 0.3 is 6.18 Å². The Kier molecular flexibility index (Phi) is 2.94. The van der Waals surface area contributed by atoms with Crippen LogP contribution in [0.3, 0.4) is 0 Å². The summed E-state index contributed by atoms with van der Waals surface area (Å²) in [7, 11) is 0. The van der Waals surface area contributed by atoms with Gasteiger partial charge in [-0.2, -0.15) is 24.5 Å². The third-order valence-corrected chi connectivity index (χ3v) is 2.36. The summed E-state index contributed by atoms with van der Waals surface area (Å²) in [6.07, 6.45) is -4.39. The van der Waals surface area contributed by atoms with Crippen molar-refractivity contribution in [2.45, 2.75) is 12.2 Å². The van der Waals surface area contributed by atoms with Gasteiger partial charge in [0.25, 0.3) is 0 Å². The van der Waals surface area contributed by atoms with Crippen molar-refractivity contribution in [2.24, 2.45) is 5.73 Å². The molecule has 1 aromatic heterocycles. The lowest BCUT2D eigenvalue weighted by atomic mass is 10.1. The Morgan fingerprint density at radius 3 is 2.54 bits per heavy atom. The number of aliphatic hydroxyl groups is 1. The number of rotatable bonds is 2. The Labute approximate surface area is 76.8 Å². The molecule has 0 fully saturated rings. The van der Waals surface area contributed by atoms with Gasteiger partial charge in [0.1, 0.15) is 0 Å². The minimum atomic E-state index is -4.39. The van der Waals surface area contributed by atoms with E-state index in [1.54, 1.807) is 0 Å². The molecule has 1 rings (SSSR count). The van der Waals surface area contributed by atoms with Crippen molar-refractivity contribution in [3.05, 3.63) is 21.9 Å². The van der Waals surface area contributed by atoms with E-state index >= 15 is 0 Å². The first-order chi connectivity index (χ1) is 5.96. The van der Waals surface area contributed by atoms with Crippen molar-refractivity contribution >= 4 is 11.3 Å². The van der Waals surface area contributed by atoms with Crippen molar-refractivity contribution in [1.29, 1.82) is 0 Å². The summed E-state index contributed by atoms with van der Waals surface area (Å²) in [6, 6.07) is -0.956. The first-order valence-electron chi connectivity index (χ1n) is 3.46. The molecule has 0 spiro atoms. The molecule has 0 aliphatic rings. The van der Waals surface area contributed by atoms with Crippen LogP contribution >= 0.6 is 11.3 Å². The van der Waals surface area contributed by atoms with Gasteiger partial charge in [-0.05, 0) is 10.9 Å². The van der Waals surface area contributed by atoms with Crippen LogP contribution in [0.15, 0.2) is 10.8 Å². The van der Waals surface area contributed by atoms with Gasteiger partial charge in [0.05, 0.1) is 18.2 Å². The first kappa shape index (κ1) is 10.5. The van der Waals surface area contributed by atoms with Crippen molar-refractivity contribution in [3.8, 4) is 0 Å². The summed E-state index contributed by atoms with van der Waals surface area (Å²) < 4.78 is 36.7. The van der Waals surface area contributed by atoms with Crippen LogP contribution in [-0.4, -0.2) is 11.7 Å². The Hall–Kier alpha value is -0.590. The van der Waals surface area contributed by atoms with E-state index in [-0.39, 0.29) is 5.56 Å². The second-order valence-corrected chi connectivity index (χ2v) is 3.27. The van der Waals surface area contributed by atoms with E-state index in [0.29, 0.717) is 0 Å². The number of alkyl halides is 3. The molecular formula is C7H8F3NOS. The standard InChI is InChI=1S/C7H8F3NOS/c8-7(9,10)5-3-13-2-4(5)6(11)1-12/h2-3,6,12H,1,11H2/t6-/m1/s1. The third-order valence-electron chi connectivity index (χ3n) is 1.59. The van der Waals surface area contributed by atoms with Crippen molar-refractivity contribution in [1.82, 2.24) is 0 Å². The Bertz CT molecular complexity index is 284. The van der Waals surface area contributed by atoms with Gasteiger partial charge in [0.2, 0.25) is 0 Å². The number of nitrogens with two attached hydrogens (primary N) is 1. The molecular weight excluding hydrogens is 203 g/mol. The number of halogens is 3. The van der Waals surface area contributed by atoms with Crippen LogP contribution < -0.4 is 5.73 Å². The van der Waals surface area contributed by atoms with Crippen LogP contribution in [0.1, 0.15) is 17.2 Å². The molecule has 74 valence electrons. The molecule has 0 unspecified atom stereocenters. The second kappa shape index (κ2) is 3.65. The lowest BCUT2D eigenvalue weighted by molar-refractivity contribution is -0.138. The van der Waals surface area contributed by atoms with E-state index in [9.17, 15) is 13.2 Å². The smallest absolute Gasteiger partial charge is 0.394 e. The fourth-order valence-corrected chi connectivity index (χ4v) is 1.85. The highest BCUT2D eigenvalue weighted by atomic mass is 32.1. The van der Waals surface area contributed by atoms with E-state index in [1.165, 1.54) is 5.38 Å². The molecule has 1 atom stereocenters. The summed E-state index contributed by atoms with van der Waals surface area (Å²) in [5, 5.41) is 10.9. The molecule has 0 aliphatic heterocycles. The summed E-state index contributed by atoms with van der Waals surface area (Å²) >= 11 is 0.926. The minimum absolute atomic E-state index is 0.0417. The predicted molar refractivity (Wildman–Crippen MR) is 43.3 cm³/mol. The molecule has 3 N–H and O–H groups in total. The van der Waals surface area contributed by atoms with Crippen molar-refractivity contribution in [3.63, 3.8) is 0 Å². The summed E-state index contributed by atoms with van der Waals surface area (Å²) in [5.74, 6) is 0. The molecule has 0 bridgehead atoms. The molecule has 0 aromatic carbocycles. The highest BCUT2D eigenvalue weighted by Crippen LogP contribution is 2.36. The highest BCUT2D eigenvalue weighted by molar-refractivity contribution is 7.08. The van der Waals surface area contributed by atoms with E-state index < -0.39 is 24.4 Å². The Morgan fingerprint density at radius 2 is 2.08 bits per heavy atom. The number of thiophene rings is 1. The number of aliphatic hydroxyl groups excluding tert-OH is 1. The zero-order valence-electron chi connectivity index (χ0n) is 6.51. The van der Waals surface area contributed by atoms with Crippen molar-refractivity contribution < 1.29 is 18.3 Å². The largest absolute Gasteiger partial charge is 0.417 e. The van der Waals surface area contributed by atoms with Crippen LogP contribution in [0.2, 0.25) is 0 Å². The van der Waals surface area contributed by atoms with Crippen LogP contribution in [0.5, 0.6) is 0 Å². The molecule has 1 aromatic rings. The van der Waals surface area contributed by atoms with Crippen LogP contribution in [0.4, 0.5) is 13.2 Å². The quantitative estimate of drug-likeness (QED) is 0.783. The zero-order chi connectivity index (χ0) is 10.1. The molecule has 0 saturated carbocycles. The Morgan fingerprint density at radius 1 is 1.46 bits per heavy atom. The zero-order valence-corrected chi connectivity index (χ0v) is 7.32. The summed E-state index contributed by atoms with van der Waals surface area (Å²) in [6.45, 7) is -0.486. The fraction of sp³-hybridized carbons (Fsp3) is 0.429. The molecule has 1 heterocycles. The van der Waals surface area contributed by atoms with Gasteiger partial charge in [-0.25, -0.2) is 0 Å². The number of hydrogen-bond donors (Lipinski definition) is 2. The molecule has 0 aliphatic carbocycles. The summed E-state index contributed by atoms with van der Waals surface area (Å²) in [4.78, 5) is 0. The van der Waals surface area contributed by atoms with E-state index in [1.807, 2.05) is 0 Å². The van der Waals surface area contributed by atoms with Gasteiger partial charge in [-0.1, -0.05) is 0 Å². The predicted octanol–water partition coefficient (Wildman–Crippen LogP) is 1.76. The van der Waals surface area contributed by atoms with Gasteiger partial charge in [0.15, 0.2) is 0 Å². The van der Waals surface area contributed by atoms with Crippen LogP contribution in [0, 0.1) is 0 Å². The van der Waals surface area contributed by atoms with E-state index in [0.717, 1.165) is 16.7 Å². The van der Waals surface area contributed by atoms with Crippen LogP contribution in [0.25, 0.3) is 0 Å². The molecule has 13 heavy (non-hydrogen) atoms. The maximum atomic E-state index is 12.2. The van der Waals surface area contributed by atoms with Gasteiger partial charge < -0.3 is 10.8 Å². The molecule has 0 radical (unpaired) electrons. The highest BCUT2D eigenvalue weighted by Gasteiger charge is 2.35. The maximum absolute atomic E-state index is 12.2. The van der Waals surface area contributed by atoms with Crippen molar-refractivity contribution in [2.75, 3.05) is 6.61 Å². The minimum Gasteiger partial charge on any atom is -0.394 e. The van der Waals surface area contributed by atoms with Gasteiger partial charge in [-0.3, -0.25) is 0 Å².